The number of hydrogen-bond donors (Lipinski definition) is 2. The van der Waals surface area contributed by atoms with Crippen LogP contribution in [0.3, 0.4) is 0 Å². The topological polar surface area (TPSA) is 96.3 Å². The lowest BCUT2D eigenvalue weighted by atomic mass is 10.2. The van der Waals surface area contributed by atoms with Gasteiger partial charge in [-0.1, -0.05) is 0 Å². The van der Waals surface area contributed by atoms with Crippen molar-refractivity contribution in [3.8, 4) is 17.6 Å². The van der Waals surface area contributed by atoms with E-state index in [0.717, 1.165) is 0 Å². The minimum Gasteiger partial charge on any atom is -0.497 e. The quantitative estimate of drug-likeness (QED) is 0.678. The molecular formula is C21H18N4O3. The largest absolute Gasteiger partial charge is 0.497 e. The fourth-order valence-corrected chi connectivity index (χ4v) is 2.52. The van der Waals surface area contributed by atoms with E-state index in [2.05, 4.69) is 15.6 Å². The lowest BCUT2D eigenvalue weighted by Crippen LogP contribution is -2.13. The summed E-state index contributed by atoms with van der Waals surface area (Å²) in [4.78, 5) is 16.6. The van der Waals surface area contributed by atoms with Gasteiger partial charge in [0.2, 0.25) is 0 Å². The van der Waals surface area contributed by atoms with Gasteiger partial charge < -0.3 is 20.1 Å². The first-order valence-corrected chi connectivity index (χ1v) is 8.39. The molecule has 0 saturated heterocycles. The molecule has 2 aromatic carbocycles. The number of aromatic nitrogens is 1. The smallest absolute Gasteiger partial charge is 0.274 e. The number of anilines is 3. The van der Waals surface area contributed by atoms with Crippen LogP contribution in [0.1, 0.15) is 16.1 Å². The second kappa shape index (κ2) is 8.56. The van der Waals surface area contributed by atoms with Crippen LogP contribution in [0.25, 0.3) is 0 Å². The van der Waals surface area contributed by atoms with Crippen LogP contribution in [0.2, 0.25) is 0 Å². The summed E-state index contributed by atoms with van der Waals surface area (Å²) in [7, 11) is 3.17. The standard InChI is InChI=1S/C21H18N4O3/c1-27-17-7-8-20(28-2)18(12-17)24-16-9-10-23-19(11-16)21(26)25-15-5-3-14(13-22)4-6-15/h3-12H,1-2H3,(H,23,24)(H,25,26). The highest BCUT2D eigenvalue weighted by atomic mass is 16.5. The fraction of sp³-hybridized carbons (Fsp3) is 0.0952. The van der Waals surface area contributed by atoms with Gasteiger partial charge in [0.25, 0.3) is 5.91 Å². The fourth-order valence-electron chi connectivity index (χ4n) is 2.52. The van der Waals surface area contributed by atoms with Crippen LogP contribution in [-0.4, -0.2) is 25.1 Å². The molecule has 0 aliphatic heterocycles. The maximum absolute atomic E-state index is 12.5. The predicted molar refractivity (Wildman–Crippen MR) is 106 cm³/mol. The summed E-state index contributed by atoms with van der Waals surface area (Å²) in [5, 5.41) is 14.8. The van der Waals surface area contributed by atoms with Crippen molar-refractivity contribution < 1.29 is 14.3 Å². The molecule has 28 heavy (non-hydrogen) atoms. The van der Waals surface area contributed by atoms with Gasteiger partial charge in [-0.3, -0.25) is 9.78 Å². The zero-order valence-electron chi connectivity index (χ0n) is 15.4. The number of nitrogens with one attached hydrogen (secondary N) is 2. The van der Waals surface area contributed by atoms with Crippen LogP contribution in [0.15, 0.2) is 60.8 Å². The van der Waals surface area contributed by atoms with E-state index >= 15 is 0 Å². The van der Waals surface area contributed by atoms with Gasteiger partial charge in [-0.15, -0.1) is 0 Å². The molecule has 0 radical (unpaired) electrons. The number of carbonyl (C=O) groups is 1. The van der Waals surface area contributed by atoms with Crippen molar-refractivity contribution in [1.29, 1.82) is 5.26 Å². The molecule has 0 atom stereocenters. The van der Waals surface area contributed by atoms with Crippen LogP contribution in [0, 0.1) is 11.3 Å². The summed E-state index contributed by atoms with van der Waals surface area (Å²) in [5.74, 6) is 0.961. The molecule has 0 fully saturated rings. The summed E-state index contributed by atoms with van der Waals surface area (Å²) < 4.78 is 10.6. The molecule has 0 spiro atoms. The van der Waals surface area contributed by atoms with E-state index in [4.69, 9.17) is 14.7 Å². The third kappa shape index (κ3) is 4.37. The summed E-state index contributed by atoms with van der Waals surface area (Å²) in [6.45, 7) is 0. The van der Waals surface area contributed by atoms with Gasteiger partial charge in [0.05, 0.1) is 31.5 Å². The van der Waals surface area contributed by atoms with Gasteiger partial charge in [-0.2, -0.15) is 5.26 Å². The number of benzene rings is 2. The van der Waals surface area contributed by atoms with E-state index < -0.39 is 0 Å². The lowest BCUT2D eigenvalue weighted by molar-refractivity contribution is 0.102. The van der Waals surface area contributed by atoms with E-state index in [9.17, 15) is 4.79 Å². The summed E-state index contributed by atoms with van der Waals surface area (Å²) in [5.41, 5.74) is 2.72. The van der Waals surface area contributed by atoms with E-state index in [0.29, 0.717) is 34.1 Å². The molecule has 3 aromatic rings. The number of carbonyl (C=O) groups excluding carboxylic acids is 1. The first-order valence-electron chi connectivity index (χ1n) is 8.39. The Hall–Kier alpha value is -4.05. The molecule has 1 aromatic heterocycles. The lowest BCUT2D eigenvalue weighted by Gasteiger charge is -2.13. The number of methoxy groups -OCH3 is 2. The number of pyridine rings is 1. The highest BCUT2D eigenvalue weighted by molar-refractivity contribution is 6.03. The zero-order chi connectivity index (χ0) is 19.9. The highest BCUT2D eigenvalue weighted by Crippen LogP contribution is 2.31. The molecule has 3 rings (SSSR count). The molecule has 1 amide bonds. The number of rotatable bonds is 6. The molecule has 7 nitrogen and oxygen atoms in total. The first-order chi connectivity index (χ1) is 13.6. The van der Waals surface area contributed by atoms with E-state index in [1.54, 1.807) is 75.0 Å². The molecular weight excluding hydrogens is 356 g/mol. The van der Waals surface area contributed by atoms with Crippen molar-refractivity contribution in [3.05, 3.63) is 72.1 Å². The minimum absolute atomic E-state index is 0.247. The van der Waals surface area contributed by atoms with E-state index in [1.807, 2.05) is 6.07 Å². The van der Waals surface area contributed by atoms with Gasteiger partial charge in [-0.05, 0) is 48.5 Å². The molecule has 140 valence electrons. The summed E-state index contributed by atoms with van der Waals surface area (Å²) >= 11 is 0. The van der Waals surface area contributed by atoms with Crippen LogP contribution in [0.5, 0.6) is 11.5 Å². The SMILES string of the molecule is COc1ccc(OC)c(Nc2ccnc(C(=O)Nc3ccc(C#N)cc3)c2)c1. The molecule has 0 aliphatic rings. The summed E-state index contributed by atoms with van der Waals surface area (Å²) in [6, 6.07) is 17.4. The third-order valence-corrected chi connectivity index (χ3v) is 3.95. The molecule has 0 bridgehead atoms. The van der Waals surface area contributed by atoms with Crippen molar-refractivity contribution in [1.82, 2.24) is 4.98 Å². The maximum Gasteiger partial charge on any atom is 0.274 e. The molecule has 0 saturated carbocycles. The van der Waals surface area contributed by atoms with Crippen molar-refractivity contribution in [2.24, 2.45) is 0 Å². The second-order valence-corrected chi connectivity index (χ2v) is 5.76. The Morgan fingerprint density at radius 3 is 2.46 bits per heavy atom. The molecule has 7 heteroatoms. The number of ether oxygens (including phenoxy) is 2. The summed E-state index contributed by atoms with van der Waals surface area (Å²) in [6.07, 6.45) is 1.54. The molecule has 0 unspecified atom stereocenters. The van der Waals surface area contributed by atoms with Gasteiger partial charge in [0, 0.05) is 23.6 Å². The van der Waals surface area contributed by atoms with E-state index in [1.165, 1.54) is 0 Å². The average molecular weight is 374 g/mol. The predicted octanol–water partition coefficient (Wildman–Crippen LogP) is 3.97. The second-order valence-electron chi connectivity index (χ2n) is 5.76. The number of hydrogen-bond acceptors (Lipinski definition) is 6. The van der Waals surface area contributed by atoms with Gasteiger partial charge in [-0.25, -0.2) is 0 Å². The van der Waals surface area contributed by atoms with Crippen LogP contribution in [-0.2, 0) is 0 Å². The number of nitrogens with zero attached hydrogens (tertiary/aromatic N) is 2. The Labute approximate surface area is 162 Å². The Kier molecular flexibility index (Phi) is 5.72. The van der Waals surface area contributed by atoms with Crippen LogP contribution < -0.4 is 20.1 Å². The Morgan fingerprint density at radius 1 is 1.00 bits per heavy atom. The van der Waals surface area contributed by atoms with Crippen molar-refractivity contribution in [3.63, 3.8) is 0 Å². The van der Waals surface area contributed by atoms with E-state index in [-0.39, 0.29) is 11.6 Å². The van der Waals surface area contributed by atoms with Crippen molar-refractivity contribution in [2.75, 3.05) is 24.9 Å². The van der Waals surface area contributed by atoms with Crippen LogP contribution in [0.4, 0.5) is 17.1 Å². The monoisotopic (exact) mass is 374 g/mol. The van der Waals surface area contributed by atoms with Gasteiger partial charge in [0.1, 0.15) is 17.2 Å². The zero-order valence-corrected chi connectivity index (χ0v) is 15.4. The molecule has 2 N–H and O–H groups in total. The Morgan fingerprint density at radius 2 is 1.79 bits per heavy atom. The van der Waals surface area contributed by atoms with Crippen molar-refractivity contribution >= 4 is 23.0 Å². The van der Waals surface area contributed by atoms with Gasteiger partial charge in [0.15, 0.2) is 0 Å². The highest BCUT2D eigenvalue weighted by Gasteiger charge is 2.11. The van der Waals surface area contributed by atoms with Crippen molar-refractivity contribution in [2.45, 2.75) is 0 Å². The number of amides is 1. The van der Waals surface area contributed by atoms with Gasteiger partial charge >= 0.3 is 0 Å². The molecule has 0 aliphatic carbocycles. The third-order valence-electron chi connectivity index (χ3n) is 3.95. The first kappa shape index (κ1) is 18.7. The minimum atomic E-state index is -0.356. The number of nitriles is 1. The average Bonchev–Trinajstić information content (AvgIpc) is 2.74. The normalized spacial score (nSPS) is 9.89. The Balaban J connectivity index is 1.78. The van der Waals surface area contributed by atoms with Crippen LogP contribution >= 0.6 is 0 Å². The molecule has 1 heterocycles. The maximum atomic E-state index is 12.5. The Bertz CT molecular complexity index is 1030.